The molecule has 1 aromatic rings. The van der Waals surface area contributed by atoms with Gasteiger partial charge in [-0.1, -0.05) is 12.1 Å². The van der Waals surface area contributed by atoms with Gasteiger partial charge in [-0.3, -0.25) is 0 Å². The van der Waals surface area contributed by atoms with Crippen molar-refractivity contribution in [1.29, 1.82) is 0 Å². The Bertz CT molecular complexity index is 339. The standard InChI is InChI=1S/C15H26N2O/c1-5-18-15-8-6-7-14(11-15)12-16-9-10-17(4)13(2)3/h6-8,11,13,16H,5,9-10,12H2,1-4H3. The van der Waals surface area contributed by atoms with Gasteiger partial charge in [-0.25, -0.2) is 0 Å². The third kappa shape index (κ3) is 5.52. The molecule has 1 N–H and O–H groups in total. The first-order valence-electron chi connectivity index (χ1n) is 6.76. The zero-order valence-electron chi connectivity index (χ0n) is 12.1. The van der Waals surface area contributed by atoms with Crippen LogP contribution in [0.15, 0.2) is 24.3 Å². The summed E-state index contributed by atoms with van der Waals surface area (Å²) in [4.78, 5) is 2.34. The number of nitrogens with one attached hydrogen (secondary N) is 1. The third-order valence-corrected chi connectivity index (χ3v) is 3.06. The molecule has 18 heavy (non-hydrogen) atoms. The summed E-state index contributed by atoms with van der Waals surface area (Å²) in [5.74, 6) is 0.955. The Labute approximate surface area is 111 Å². The van der Waals surface area contributed by atoms with Crippen molar-refractivity contribution >= 4 is 0 Å². The number of hydrogen-bond acceptors (Lipinski definition) is 3. The molecule has 0 bridgehead atoms. The van der Waals surface area contributed by atoms with Crippen LogP contribution < -0.4 is 10.1 Å². The Morgan fingerprint density at radius 3 is 2.78 bits per heavy atom. The summed E-state index contributed by atoms with van der Waals surface area (Å²) in [7, 11) is 2.15. The molecule has 0 heterocycles. The largest absolute Gasteiger partial charge is 0.494 e. The van der Waals surface area contributed by atoms with Gasteiger partial charge in [0.1, 0.15) is 5.75 Å². The van der Waals surface area contributed by atoms with Gasteiger partial charge in [0.05, 0.1) is 6.61 Å². The lowest BCUT2D eigenvalue weighted by Crippen LogP contribution is -2.33. The maximum absolute atomic E-state index is 5.49. The van der Waals surface area contributed by atoms with Gasteiger partial charge in [-0.2, -0.15) is 0 Å². The van der Waals surface area contributed by atoms with Gasteiger partial charge >= 0.3 is 0 Å². The molecule has 0 aliphatic heterocycles. The average Bonchev–Trinajstić information content (AvgIpc) is 2.35. The predicted octanol–water partition coefficient (Wildman–Crippen LogP) is 2.52. The highest BCUT2D eigenvalue weighted by Gasteiger charge is 2.02. The minimum absolute atomic E-state index is 0.605. The molecule has 0 amide bonds. The van der Waals surface area contributed by atoms with Crippen LogP contribution in [-0.2, 0) is 6.54 Å². The van der Waals surface area contributed by atoms with Gasteiger partial charge in [0, 0.05) is 25.7 Å². The molecule has 3 nitrogen and oxygen atoms in total. The summed E-state index contributed by atoms with van der Waals surface area (Å²) in [5, 5.41) is 3.46. The first-order chi connectivity index (χ1) is 8.63. The first kappa shape index (κ1) is 15.0. The van der Waals surface area contributed by atoms with Crippen LogP contribution >= 0.6 is 0 Å². The highest BCUT2D eigenvalue weighted by Crippen LogP contribution is 2.12. The summed E-state index contributed by atoms with van der Waals surface area (Å²) in [5.41, 5.74) is 1.27. The maximum atomic E-state index is 5.49. The van der Waals surface area contributed by atoms with Gasteiger partial charge in [0.2, 0.25) is 0 Å². The van der Waals surface area contributed by atoms with Crippen molar-refractivity contribution in [3.05, 3.63) is 29.8 Å². The SMILES string of the molecule is CCOc1cccc(CNCCN(C)C(C)C)c1. The van der Waals surface area contributed by atoms with Crippen molar-refractivity contribution in [2.45, 2.75) is 33.4 Å². The number of hydrogen-bond donors (Lipinski definition) is 1. The van der Waals surface area contributed by atoms with Crippen LogP contribution in [0.2, 0.25) is 0 Å². The first-order valence-corrected chi connectivity index (χ1v) is 6.76. The van der Waals surface area contributed by atoms with Gasteiger partial charge < -0.3 is 15.0 Å². The Balaban J connectivity index is 2.28. The highest BCUT2D eigenvalue weighted by molar-refractivity contribution is 5.28. The van der Waals surface area contributed by atoms with Crippen LogP contribution in [0.5, 0.6) is 5.75 Å². The van der Waals surface area contributed by atoms with Crippen molar-refractivity contribution < 1.29 is 4.74 Å². The molecule has 1 aromatic carbocycles. The van der Waals surface area contributed by atoms with Crippen LogP contribution in [0, 0.1) is 0 Å². The molecule has 0 atom stereocenters. The summed E-state index contributed by atoms with van der Waals surface area (Å²) in [6.07, 6.45) is 0. The van der Waals surface area contributed by atoms with Crippen molar-refractivity contribution in [2.75, 3.05) is 26.7 Å². The molecule has 3 heteroatoms. The fourth-order valence-corrected chi connectivity index (χ4v) is 1.66. The Morgan fingerprint density at radius 2 is 2.11 bits per heavy atom. The van der Waals surface area contributed by atoms with E-state index in [9.17, 15) is 0 Å². The van der Waals surface area contributed by atoms with Crippen molar-refractivity contribution in [1.82, 2.24) is 10.2 Å². The Hall–Kier alpha value is -1.06. The van der Waals surface area contributed by atoms with Crippen LogP contribution in [0.1, 0.15) is 26.3 Å². The van der Waals surface area contributed by atoms with Crippen molar-refractivity contribution in [2.24, 2.45) is 0 Å². The summed E-state index contributed by atoms with van der Waals surface area (Å²) >= 11 is 0. The molecule has 0 spiro atoms. The van der Waals surface area contributed by atoms with E-state index >= 15 is 0 Å². The second-order valence-corrected chi connectivity index (χ2v) is 4.83. The molecule has 0 saturated heterocycles. The van der Waals surface area contributed by atoms with Gasteiger partial charge in [0.15, 0.2) is 0 Å². The van der Waals surface area contributed by atoms with E-state index in [1.807, 2.05) is 19.1 Å². The molecule has 0 aromatic heterocycles. The lowest BCUT2D eigenvalue weighted by Gasteiger charge is -2.20. The third-order valence-electron chi connectivity index (χ3n) is 3.06. The fraction of sp³-hybridized carbons (Fsp3) is 0.600. The van der Waals surface area contributed by atoms with Crippen LogP contribution in [0.25, 0.3) is 0 Å². The van der Waals surface area contributed by atoms with Crippen LogP contribution in [-0.4, -0.2) is 37.7 Å². The summed E-state index contributed by atoms with van der Waals surface area (Å²) in [6, 6.07) is 8.87. The average molecular weight is 250 g/mol. The minimum atomic E-state index is 0.605. The normalized spacial score (nSPS) is 11.2. The topological polar surface area (TPSA) is 24.5 Å². The monoisotopic (exact) mass is 250 g/mol. The quantitative estimate of drug-likeness (QED) is 0.718. The summed E-state index contributed by atoms with van der Waals surface area (Å²) in [6.45, 7) is 10.1. The number of ether oxygens (including phenoxy) is 1. The number of benzene rings is 1. The highest BCUT2D eigenvalue weighted by atomic mass is 16.5. The van der Waals surface area contributed by atoms with E-state index in [0.29, 0.717) is 6.04 Å². The second-order valence-electron chi connectivity index (χ2n) is 4.83. The molecular formula is C15H26N2O. The number of likely N-dealkylation sites (N-methyl/N-ethyl adjacent to an activating group) is 1. The van der Waals surface area contributed by atoms with E-state index < -0.39 is 0 Å². The van der Waals surface area contributed by atoms with Crippen LogP contribution in [0.4, 0.5) is 0 Å². The van der Waals surface area contributed by atoms with E-state index in [0.717, 1.165) is 32.0 Å². The maximum Gasteiger partial charge on any atom is 0.119 e. The lowest BCUT2D eigenvalue weighted by molar-refractivity contribution is 0.273. The Morgan fingerprint density at radius 1 is 1.33 bits per heavy atom. The molecule has 102 valence electrons. The zero-order chi connectivity index (χ0) is 13.4. The van der Waals surface area contributed by atoms with E-state index in [4.69, 9.17) is 4.74 Å². The Kier molecular flexibility index (Phi) is 6.76. The molecular weight excluding hydrogens is 224 g/mol. The molecule has 0 radical (unpaired) electrons. The molecule has 0 saturated carbocycles. The van der Waals surface area contributed by atoms with E-state index in [1.54, 1.807) is 0 Å². The summed E-state index contributed by atoms with van der Waals surface area (Å²) < 4.78 is 5.49. The van der Waals surface area contributed by atoms with Gasteiger partial charge in [0.25, 0.3) is 0 Å². The minimum Gasteiger partial charge on any atom is -0.494 e. The molecule has 1 rings (SSSR count). The number of nitrogens with zero attached hydrogens (tertiary/aromatic N) is 1. The van der Waals surface area contributed by atoms with Gasteiger partial charge in [-0.15, -0.1) is 0 Å². The molecule has 0 fully saturated rings. The van der Waals surface area contributed by atoms with Crippen LogP contribution in [0.3, 0.4) is 0 Å². The number of rotatable bonds is 8. The van der Waals surface area contributed by atoms with Crippen molar-refractivity contribution in [3.63, 3.8) is 0 Å². The molecule has 0 unspecified atom stereocenters. The molecule has 0 aliphatic carbocycles. The van der Waals surface area contributed by atoms with Gasteiger partial charge in [-0.05, 0) is 45.5 Å². The van der Waals surface area contributed by atoms with E-state index in [-0.39, 0.29) is 0 Å². The predicted molar refractivity (Wildman–Crippen MR) is 77.1 cm³/mol. The van der Waals surface area contributed by atoms with Crippen molar-refractivity contribution in [3.8, 4) is 5.75 Å². The second kappa shape index (κ2) is 8.11. The fourth-order valence-electron chi connectivity index (χ4n) is 1.66. The smallest absolute Gasteiger partial charge is 0.119 e. The lowest BCUT2D eigenvalue weighted by atomic mass is 10.2. The van der Waals surface area contributed by atoms with E-state index in [1.165, 1.54) is 5.56 Å². The molecule has 0 aliphatic rings. The van der Waals surface area contributed by atoms with E-state index in [2.05, 4.69) is 43.2 Å². The zero-order valence-corrected chi connectivity index (χ0v) is 12.1.